The van der Waals surface area contributed by atoms with Crippen LogP contribution >= 0.6 is 0 Å². The fraction of sp³-hybridized carbons (Fsp3) is 0.913. The highest BCUT2D eigenvalue weighted by Crippen LogP contribution is 2.37. The lowest BCUT2D eigenvalue weighted by Gasteiger charge is -2.50. The normalized spacial score (nSPS) is 32.4. The summed E-state index contributed by atoms with van der Waals surface area (Å²) in [7, 11) is 0. The molecular weight excluding hydrogens is 356 g/mol. The summed E-state index contributed by atoms with van der Waals surface area (Å²) in [5.74, 6) is -0.526. The summed E-state index contributed by atoms with van der Waals surface area (Å²) < 4.78 is 30.2. The number of allylic oxidation sites excluding steroid dienone is 1. The van der Waals surface area contributed by atoms with Crippen LogP contribution in [-0.2, 0) is 23.7 Å². The van der Waals surface area contributed by atoms with Gasteiger partial charge in [0.15, 0.2) is 5.79 Å². The van der Waals surface area contributed by atoms with E-state index in [4.69, 9.17) is 23.7 Å². The monoisotopic (exact) mass is 398 g/mol. The molecule has 0 aromatic carbocycles. The first-order chi connectivity index (χ1) is 13.5. The number of fused-ring (bicyclic) bond motifs is 1. The van der Waals surface area contributed by atoms with Crippen molar-refractivity contribution in [2.45, 2.75) is 116 Å². The van der Waals surface area contributed by atoms with Crippen LogP contribution in [0.25, 0.3) is 0 Å². The number of ether oxygens (including phenoxy) is 5. The molecule has 2 aliphatic rings. The highest BCUT2D eigenvalue weighted by atomic mass is 16.8. The largest absolute Gasteiger partial charge is 0.472 e. The van der Waals surface area contributed by atoms with Gasteiger partial charge in [0.25, 0.3) is 0 Å². The Bertz CT molecular complexity index is 450. The number of hydrogen-bond acceptors (Lipinski definition) is 5. The van der Waals surface area contributed by atoms with Crippen molar-refractivity contribution in [1.29, 1.82) is 0 Å². The van der Waals surface area contributed by atoms with Crippen molar-refractivity contribution in [2.24, 2.45) is 5.92 Å². The zero-order chi connectivity index (χ0) is 20.4. The van der Waals surface area contributed by atoms with Crippen LogP contribution in [0.4, 0.5) is 0 Å². The molecule has 0 aliphatic carbocycles. The number of rotatable bonds is 12. The SMILES string of the molecule is C/C=C\O[C@H]1O[C@@H]2COC(C)(C)O[C@H]2[C@H](OCCCCCCCCCC)C1C. The first-order valence-electron chi connectivity index (χ1n) is 11.3. The van der Waals surface area contributed by atoms with Crippen LogP contribution in [0, 0.1) is 5.92 Å². The van der Waals surface area contributed by atoms with Gasteiger partial charge in [-0.05, 0) is 27.2 Å². The smallest absolute Gasteiger partial charge is 0.204 e. The molecule has 0 aromatic rings. The third kappa shape index (κ3) is 7.33. The van der Waals surface area contributed by atoms with Crippen LogP contribution in [0.2, 0.25) is 0 Å². The standard InChI is InChI=1S/C23H42O5/c1-6-8-9-10-11-12-13-14-16-24-20-18(3)22(25-15-7-2)27-19-17-26-23(4,5)28-21(19)20/h7,15,18-22H,6,8-14,16-17H2,1-5H3/b15-7-/t18?,19-,20-,21-,22+/m1/s1. The second kappa shape index (κ2) is 12.2. The summed E-state index contributed by atoms with van der Waals surface area (Å²) >= 11 is 0. The lowest BCUT2D eigenvalue weighted by Crippen LogP contribution is -2.62. The van der Waals surface area contributed by atoms with E-state index in [2.05, 4.69) is 13.8 Å². The van der Waals surface area contributed by atoms with E-state index >= 15 is 0 Å². The minimum atomic E-state index is -0.610. The van der Waals surface area contributed by atoms with Crippen molar-refractivity contribution >= 4 is 0 Å². The maximum atomic E-state index is 6.35. The molecular formula is C23H42O5. The molecule has 5 atom stereocenters. The summed E-state index contributed by atoms with van der Waals surface area (Å²) in [5.41, 5.74) is 0. The Morgan fingerprint density at radius 1 is 1.04 bits per heavy atom. The van der Waals surface area contributed by atoms with Gasteiger partial charge in [0.05, 0.1) is 19.0 Å². The number of hydrogen-bond donors (Lipinski definition) is 0. The van der Waals surface area contributed by atoms with Crippen LogP contribution in [0.5, 0.6) is 0 Å². The molecule has 0 N–H and O–H groups in total. The van der Waals surface area contributed by atoms with E-state index < -0.39 is 5.79 Å². The van der Waals surface area contributed by atoms with E-state index in [1.54, 1.807) is 6.26 Å². The molecule has 5 heteroatoms. The fourth-order valence-corrected chi connectivity index (χ4v) is 3.97. The van der Waals surface area contributed by atoms with Crippen LogP contribution in [-0.4, -0.2) is 43.6 Å². The van der Waals surface area contributed by atoms with E-state index in [9.17, 15) is 0 Å². The van der Waals surface area contributed by atoms with E-state index in [0.717, 1.165) is 13.0 Å². The maximum Gasteiger partial charge on any atom is 0.204 e. The third-order valence-corrected chi connectivity index (χ3v) is 5.62. The highest BCUT2D eigenvalue weighted by molar-refractivity contribution is 4.93. The van der Waals surface area contributed by atoms with Crippen LogP contribution in [0.1, 0.15) is 86.0 Å². The molecule has 1 unspecified atom stereocenters. The minimum absolute atomic E-state index is 0.0539. The molecule has 2 heterocycles. The van der Waals surface area contributed by atoms with Gasteiger partial charge < -0.3 is 23.7 Å². The fourth-order valence-electron chi connectivity index (χ4n) is 3.97. The molecule has 2 fully saturated rings. The molecule has 2 rings (SSSR count). The van der Waals surface area contributed by atoms with Crippen LogP contribution in [0.3, 0.4) is 0 Å². The van der Waals surface area contributed by atoms with Gasteiger partial charge in [-0.25, -0.2) is 0 Å². The average Bonchev–Trinajstić information content (AvgIpc) is 2.66. The van der Waals surface area contributed by atoms with Crippen molar-refractivity contribution in [1.82, 2.24) is 0 Å². The van der Waals surface area contributed by atoms with Crippen molar-refractivity contribution in [3.05, 3.63) is 12.3 Å². The van der Waals surface area contributed by atoms with Gasteiger partial charge in [0, 0.05) is 12.5 Å². The quantitative estimate of drug-likeness (QED) is 0.317. The summed E-state index contributed by atoms with van der Waals surface area (Å²) in [6.07, 6.45) is 13.2. The summed E-state index contributed by atoms with van der Waals surface area (Å²) in [4.78, 5) is 0. The molecule has 2 saturated heterocycles. The second-order valence-electron chi connectivity index (χ2n) is 8.61. The Labute approximate surface area is 172 Å². The Kier molecular flexibility index (Phi) is 10.3. The zero-order valence-electron chi connectivity index (χ0n) is 18.7. The van der Waals surface area contributed by atoms with Crippen molar-refractivity contribution in [3.8, 4) is 0 Å². The Morgan fingerprint density at radius 3 is 2.39 bits per heavy atom. The van der Waals surface area contributed by atoms with Crippen LogP contribution in [0.15, 0.2) is 12.3 Å². The molecule has 28 heavy (non-hydrogen) atoms. The second-order valence-corrected chi connectivity index (χ2v) is 8.61. The van der Waals surface area contributed by atoms with E-state index in [1.165, 1.54) is 44.9 Å². The molecule has 2 aliphatic heterocycles. The van der Waals surface area contributed by atoms with Gasteiger partial charge in [-0.1, -0.05) is 64.9 Å². The topological polar surface area (TPSA) is 46.2 Å². The Balaban J connectivity index is 1.81. The zero-order valence-corrected chi connectivity index (χ0v) is 18.7. The summed E-state index contributed by atoms with van der Waals surface area (Å²) in [5, 5.41) is 0. The van der Waals surface area contributed by atoms with Crippen molar-refractivity contribution in [2.75, 3.05) is 13.2 Å². The molecule has 5 nitrogen and oxygen atoms in total. The highest BCUT2D eigenvalue weighted by Gasteiger charge is 2.50. The molecule has 0 amide bonds. The predicted octanol–water partition coefficient (Wildman–Crippen LogP) is 5.58. The van der Waals surface area contributed by atoms with Gasteiger partial charge in [0.2, 0.25) is 6.29 Å². The third-order valence-electron chi connectivity index (χ3n) is 5.62. The number of unbranched alkanes of at least 4 members (excludes halogenated alkanes) is 7. The lowest BCUT2D eigenvalue weighted by molar-refractivity contribution is -0.374. The summed E-state index contributed by atoms with van der Waals surface area (Å²) in [6.45, 7) is 11.5. The van der Waals surface area contributed by atoms with Gasteiger partial charge in [-0.15, -0.1) is 0 Å². The predicted molar refractivity (Wildman–Crippen MR) is 111 cm³/mol. The van der Waals surface area contributed by atoms with Gasteiger partial charge in [0.1, 0.15) is 12.2 Å². The maximum absolute atomic E-state index is 6.35. The van der Waals surface area contributed by atoms with Crippen molar-refractivity contribution in [3.63, 3.8) is 0 Å². The van der Waals surface area contributed by atoms with Gasteiger partial charge in [-0.2, -0.15) is 0 Å². The van der Waals surface area contributed by atoms with Gasteiger partial charge in [-0.3, -0.25) is 0 Å². The molecule has 0 bridgehead atoms. The molecule has 0 spiro atoms. The lowest BCUT2D eigenvalue weighted by atomic mass is 9.91. The Hall–Kier alpha value is -0.620. The average molecular weight is 399 g/mol. The first-order valence-corrected chi connectivity index (χ1v) is 11.3. The molecule has 0 radical (unpaired) electrons. The van der Waals surface area contributed by atoms with Gasteiger partial charge >= 0.3 is 0 Å². The molecule has 0 aromatic heterocycles. The first kappa shape index (κ1) is 23.7. The minimum Gasteiger partial charge on any atom is -0.472 e. The summed E-state index contributed by atoms with van der Waals surface area (Å²) in [6, 6.07) is 0. The van der Waals surface area contributed by atoms with Crippen LogP contribution < -0.4 is 0 Å². The Morgan fingerprint density at radius 2 is 1.71 bits per heavy atom. The van der Waals surface area contributed by atoms with Crippen molar-refractivity contribution < 1.29 is 23.7 Å². The molecule has 164 valence electrons. The van der Waals surface area contributed by atoms with E-state index in [1.807, 2.05) is 26.8 Å². The van der Waals surface area contributed by atoms with E-state index in [0.29, 0.717) is 6.61 Å². The molecule has 0 saturated carbocycles. The van der Waals surface area contributed by atoms with E-state index in [-0.39, 0.29) is 30.5 Å².